The van der Waals surface area contributed by atoms with Gasteiger partial charge in [0.05, 0.1) is 5.69 Å². The van der Waals surface area contributed by atoms with E-state index in [2.05, 4.69) is 11.1 Å². The van der Waals surface area contributed by atoms with Gasteiger partial charge >= 0.3 is 0 Å². The maximum atomic E-state index is 5.57. The smallest absolute Gasteiger partial charge is 0.201 e. The van der Waals surface area contributed by atoms with Crippen LogP contribution >= 0.6 is 0 Å². The van der Waals surface area contributed by atoms with E-state index in [9.17, 15) is 0 Å². The number of fused-ring (bicyclic) bond motifs is 1. The van der Waals surface area contributed by atoms with Gasteiger partial charge in [-0.15, -0.1) is 0 Å². The lowest BCUT2D eigenvalue weighted by Gasteiger charge is -2.20. The third-order valence-electron chi connectivity index (χ3n) is 3.12. The molecule has 1 aromatic heterocycles. The van der Waals surface area contributed by atoms with Crippen LogP contribution in [0.5, 0.6) is 0 Å². The van der Waals surface area contributed by atoms with Crippen molar-refractivity contribution in [2.75, 3.05) is 13.2 Å². The van der Waals surface area contributed by atoms with Crippen LogP contribution in [0.15, 0.2) is 12.3 Å². The van der Waals surface area contributed by atoms with Crippen molar-refractivity contribution in [1.29, 1.82) is 0 Å². The lowest BCUT2D eigenvalue weighted by Crippen LogP contribution is -2.13. The second-order valence-corrected chi connectivity index (χ2v) is 4.33. The first-order valence-electron chi connectivity index (χ1n) is 6.56. The Morgan fingerprint density at radius 3 is 2.41 bits per heavy atom. The summed E-state index contributed by atoms with van der Waals surface area (Å²) in [6.07, 6.45) is 6.58. The molecule has 1 aromatic rings. The van der Waals surface area contributed by atoms with Crippen LogP contribution < -0.4 is 0 Å². The summed E-state index contributed by atoms with van der Waals surface area (Å²) in [4.78, 5) is 4.48. The predicted octanol–water partition coefficient (Wildman–Crippen LogP) is 3.03. The van der Waals surface area contributed by atoms with Gasteiger partial charge in [0.15, 0.2) is 0 Å². The molecule has 3 heteroatoms. The Labute approximate surface area is 103 Å². The molecule has 94 valence electrons. The van der Waals surface area contributed by atoms with E-state index in [0.717, 1.165) is 18.5 Å². The molecule has 0 N–H and O–H groups in total. The molecule has 0 saturated heterocycles. The minimum absolute atomic E-state index is 0.308. The lowest BCUT2D eigenvalue weighted by molar-refractivity contribution is -0.142. The highest BCUT2D eigenvalue weighted by Gasteiger charge is 2.16. The van der Waals surface area contributed by atoms with E-state index in [0.29, 0.717) is 13.2 Å². The van der Waals surface area contributed by atoms with E-state index in [4.69, 9.17) is 9.47 Å². The molecule has 0 unspecified atom stereocenters. The van der Waals surface area contributed by atoms with Gasteiger partial charge in [-0.25, -0.2) is 0 Å². The van der Waals surface area contributed by atoms with Gasteiger partial charge in [0.1, 0.15) is 0 Å². The molecule has 0 aromatic carbocycles. The van der Waals surface area contributed by atoms with Crippen molar-refractivity contribution in [2.24, 2.45) is 0 Å². The number of aryl methyl sites for hydroxylation is 2. The van der Waals surface area contributed by atoms with E-state index in [1.54, 1.807) is 0 Å². The van der Waals surface area contributed by atoms with Gasteiger partial charge < -0.3 is 9.47 Å². The number of nitrogens with zero attached hydrogens (tertiary/aromatic N) is 1. The first-order valence-corrected chi connectivity index (χ1v) is 6.56. The van der Waals surface area contributed by atoms with Crippen LogP contribution in [-0.2, 0) is 22.3 Å². The van der Waals surface area contributed by atoms with Crippen molar-refractivity contribution in [3.05, 3.63) is 29.1 Å². The molecule has 1 aliphatic rings. The van der Waals surface area contributed by atoms with E-state index in [-0.39, 0.29) is 6.29 Å². The molecule has 0 fully saturated rings. The van der Waals surface area contributed by atoms with Gasteiger partial charge in [0.25, 0.3) is 0 Å². The first kappa shape index (κ1) is 12.5. The maximum absolute atomic E-state index is 5.57. The monoisotopic (exact) mass is 235 g/mol. The Bertz CT molecular complexity index is 359. The zero-order valence-corrected chi connectivity index (χ0v) is 10.7. The minimum atomic E-state index is -0.308. The minimum Gasteiger partial charge on any atom is -0.347 e. The Kier molecular flexibility index (Phi) is 4.51. The van der Waals surface area contributed by atoms with Gasteiger partial charge in [-0.05, 0) is 56.7 Å². The standard InChI is InChI=1S/C14H21NO2/c1-3-16-14(17-4-2)13-9-11-7-5-6-8-12(11)10-15-13/h9-10,14H,3-8H2,1-2H3. The van der Waals surface area contributed by atoms with Gasteiger partial charge in [-0.3, -0.25) is 4.98 Å². The molecular weight excluding hydrogens is 214 g/mol. The summed E-state index contributed by atoms with van der Waals surface area (Å²) in [6.45, 7) is 5.24. The average Bonchev–Trinajstić information content (AvgIpc) is 2.38. The van der Waals surface area contributed by atoms with Crippen molar-refractivity contribution in [3.63, 3.8) is 0 Å². The zero-order chi connectivity index (χ0) is 12.1. The number of hydrogen-bond acceptors (Lipinski definition) is 3. The molecule has 17 heavy (non-hydrogen) atoms. The van der Waals surface area contributed by atoms with Crippen molar-refractivity contribution in [3.8, 4) is 0 Å². The van der Waals surface area contributed by atoms with Crippen molar-refractivity contribution in [1.82, 2.24) is 4.98 Å². The molecule has 3 nitrogen and oxygen atoms in total. The Balaban J connectivity index is 2.18. The number of rotatable bonds is 5. The molecule has 1 aliphatic carbocycles. The topological polar surface area (TPSA) is 31.4 Å². The quantitative estimate of drug-likeness (QED) is 0.735. The van der Waals surface area contributed by atoms with E-state index >= 15 is 0 Å². The van der Waals surface area contributed by atoms with Crippen LogP contribution in [0.1, 0.15) is 49.8 Å². The summed E-state index contributed by atoms with van der Waals surface area (Å²) in [6, 6.07) is 2.16. The van der Waals surface area contributed by atoms with Crippen LogP contribution in [0.3, 0.4) is 0 Å². The summed E-state index contributed by atoms with van der Waals surface area (Å²) in [5, 5.41) is 0. The number of pyridine rings is 1. The van der Waals surface area contributed by atoms with Gasteiger partial charge in [-0.1, -0.05) is 0 Å². The third-order valence-corrected chi connectivity index (χ3v) is 3.12. The lowest BCUT2D eigenvalue weighted by atomic mass is 9.93. The number of aromatic nitrogens is 1. The molecule has 0 saturated carbocycles. The molecule has 0 spiro atoms. The molecule has 0 radical (unpaired) electrons. The van der Waals surface area contributed by atoms with E-state index in [1.165, 1.54) is 24.0 Å². The highest BCUT2D eigenvalue weighted by Crippen LogP contribution is 2.24. The highest BCUT2D eigenvalue weighted by atomic mass is 16.7. The maximum Gasteiger partial charge on any atom is 0.201 e. The van der Waals surface area contributed by atoms with E-state index in [1.807, 2.05) is 20.0 Å². The normalized spacial score (nSPS) is 15.0. The fraction of sp³-hybridized carbons (Fsp3) is 0.643. The fourth-order valence-electron chi connectivity index (χ4n) is 2.28. The Morgan fingerprint density at radius 2 is 1.76 bits per heavy atom. The molecule has 0 atom stereocenters. The largest absolute Gasteiger partial charge is 0.347 e. The molecule has 2 rings (SSSR count). The second kappa shape index (κ2) is 6.12. The third kappa shape index (κ3) is 3.05. The van der Waals surface area contributed by atoms with Crippen molar-refractivity contribution >= 4 is 0 Å². The summed E-state index contributed by atoms with van der Waals surface area (Å²) in [5.41, 5.74) is 3.73. The van der Waals surface area contributed by atoms with Crippen molar-refractivity contribution in [2.45, 2.75) is 45.8 Å². The molecule has 1 heterocycles. The van der Waals surface area contributed by atoms with Gasteiger partial charge in [-0.2, -0.15) is 0 Å². The van der Waals surface area contributed by atoms with Crippen LogP contribution in [0.2, 0.25) is 0 Å². The number of hydrogen-bond donors (Lipinski definition) is 0. The van der Waals surface area contributed by atoms with Crippen LogP contribution in [0.4, 0.5) is 0 Å². The molecule has 0 aliphatic heterocycles. The second-order valence-electron chi connectivity index (χ2n) is 4.33. The number of ether oxygens (including phenoxy) is 2. The van der Waals surface area contributed by atoms with Gasteiger partial charge in [0.2, 0.25) is 6.29 Å². The van der Waals surface area contributed by atoms with Crippen LogP contribution in [0.25, 0.3) is 0 Å². The summed E-state index contributed by atoms with van der Waals surface area (Å²) >= 11 is 0. The van der Waals surface area contributed by atoms with E-state index < -0.39 is 0 Å². The van der Waals surface area contributed by atoms with Crippen molar-refractivity contribution < 1.29 is 9.47 Å². The molecular formula is C14H21NO2. The highest BCUT2D eigenvalue weighted by molar-refractivity contribution is 5.29. The van der Waals surface area contributed by atoms with Crippen LogP contribution in [-0.4, -0.2) is 18.2 Å². The fourth-order valence-corrected chi connectivity index (χ4v) is 2.28. The molecule has 0 amide bonds. The SMILES string of the molecule is CCOC(OCC)c1cc2c(cn1)CCCC2. The summed E-state index contributed by atoms with van der Waals surface area (Å²) in [5.74, 6) is 0. The Morgan fingerprint density at radius 1 is 1.12 bits per heavy atom. The zero-order valence-electron chi connectivity index (χ0n) is 10.7. The molecule has 0 bridgehead atoms. The average molecular weight is 235 g/mol. The Hall–Kier alpha value is -0.930. The first-order chi connectivity index (χ1) is 8.35. The predicted molar refractivity (Wildman–Crippen MR) is 66.9 cm³/mol. The van der Waals surface area contributed by atoms with Crippen LogP contribution in [0, 0.1) is 0 Å². The summed E-state index contributed by atoms with van der Waals surface area (Å²) in [7, 11) is 0. The van der Waals surface area contributed by atoms with Gasteiger partial charge in [0, 0.05) is 19.4 Å². The summed E-state index contributed by atoms with van der Waals surface area (Å²) < 4.78 is 11.1.